The first kappa shape index (κ1) is 17.8. The second-order valence-electron chi connectivity index (χ2n) is 5.26. The van der Waals surface area contributed by atoms with Gasteiger partial charge in [0.25, 0.3) is 0 Å². The molecule has 0 aliphatic heterocycles. The van der Waals surface area contributed by atoms with Gasteiger partial charge in [0.1, 0.15) is 0 Å². The number of carbonyl (C=O) groups is 2. The normalized spacial score (nSPS) is 11.0. The number of anilines is 1. The van der Waals surface area contributed by atoms with E-state index < -0.39 is 10.0 Å². The first-order valence-corrected chi connectivity index (χ1v) is 8.92. The molecule has 0 saturated heterocycles. The summed E-state index contributed by atoms with van der Waals surface area (Å²) in [6.07, 6.45) is 0.937. The lowest BCUT2D eigenvalue weighted by Gasteiger charge is -2.06. The van der Waals surface area contributed by atoms with Crippen molar-refractivity contribution >= 4 is 27.4 Å². The number of primary sulfonamides is 1. The summed E-state index contributed by atoms with van der Waals surface area (Å²) >= 11 is 0. The largest absolute Gasteiger partial charge is 0.326 e. The first-order chi connectivity index (χ1) is 11.4. The van der Waals surface area contributed by atoms with Crippen LogP contribution < -0.4 is 10.5 Å². The van der Waals surface area contributed by atoms with Crippen LogP contribution in [0.5, 0.6) is 0 Å². The van der Waals surface area contributed by atoms with Crippen molar-refractivity contribution in [2.75, 3.05) is 5.32 Å². The fourth-order valence-corrected chi connectivity index (χ4v) is 2.64. The van der Waals surface area contributed by atoms with Gasteiger partial charge in [0.15, 0.2) is 5.78 Å². The van der Waals surface area contributed by atoms with Crippen molar-refractivity contribution in [2.45, 2.75) is 24.2 Å². The van der Waals surface area contributed by atoms with Gasteiger partial charge in [0.05, 0.1) is 4.90 Å². The molecule has 3 N–H and O–H groups in total. The van der Waals surface area contributed by atoms with E-state index in [4.69, 9.17) is 5.14 Å². The highest BCUT2D eigenvalue weighted by Crippen LogP contribution is 2.13. The predicted octanol–water partition coefficient (Wildman–Crippen LogP) is 2.33. The van der Waals surface area contributed by atoms with E-state index in [0.717, 1.165) is 0 Å². The van der Waals surface area contributed by atoms with Crippen molar-refractivity contribution in [2.24, 2.45) is 5.14 Å². The number of nitrogens with one attached hydrogen (secondary N) is 1. The van der Waals surface area contributed by atoms with Crippen molar-refractivity contribution in [3.8, 4) is 0 Å². The summed E-state index contributed by atoms with van der Waals surface area (Å²) in [5.74, 6) is -0.236. The zero-order chi connectivity index (χ0) is 17.6. The zero-order valence-electron chi connectivity index (χ0n) is 12.9. The van der Waals surface area contributed by atoms with Crippen LogP contribution in [0.2, 0.25) is 0 Å². The molecule has 1 amide bonds. The predicted molar refractivity (Wildman–Crippen MR) is 91.1 cm³/mol. The highest BCUT2D eigenvalue weighted by Gasteiger charge is 2.09. The quantitative estimate of drug-likeness (QED) is 0.750. The summed E-state index contributed by atoms with van der Waals surface area (Å²) in [6.45, 7) is 0. The van der Waals surface area contributed by atoms with Crippen molar-refractivity contribution in [1.82, 2.24) is 0 Å². The van der Waals surface area contributed by atoms with Crippen LogP contribution in [0, 0.1) is 0 Å². The first-order valence-electron chi connectivity index (χ1n) is 7.37. The minimum absolute atomic E-state index is 0.000838. The number of rotatable bonds is 7. The van der Waals surface area contributed by atoms with Crippen molar-refractivity contribution < 1.29 is 18.0 Å². The van der Waals surface area contributed by atoms with E-state index in [9.17, 15) is 18.0 Å². The molecule has 0 fully saturated rings. The monoisotopic (exact) mass is 346 g/mol. The average molecular weight is 346 g/mol. The van der Waals surface area contributed by atoms with Gasteiger partial charge in [0, 0.05) is 24.1 Å². The standard InChI is InChI=1S/C17H18N2O4S/c18-24(22,23)15-11-9-14(10-12-15)19-17(21)8-4-7-16(20)13-5-2-1-3-6-13/h1-3,5-6,9-12H,4,7-8H2,(H,19,21)(H2,18,22,23). The molecule has 0 aromatic heterocycles. The maximum Gasteiger partial charge on any atom is 0.238 e. The highest BCUT2D eigenvalue weighted by atomic mass is 32.2. The Morgan fingerprint density at radius 2 is 1.54 bits per heavy atom. The number of nitrogens with two attached hydrogens (primary N) is 1. The Labute approximate surface area is 140 Å². The van der Waals surface area contributed by atoms with Gasteiger partial charge >= 0.3 is 0 Å². The molecule has 0 aliphatic carbocycles. The second kappa shape index (κ2) is 7.85. The molecule has 0 spiro atoms. The van der Waals surface area contributed by atoms with Crippen LogP contribution in [-0.4, -0.2) is 20.1 Å². The van der Waals surface area contributed by atoms with E-state index in [1.54, 1.807) is 24.3 Å². The number of hydrogen-bond donors (Lipinski definition) is 2. The van der Waals surface area contributed by atoms with Crippen LogP contribution >= 0.6 is 0 Å². The van der Waals surface area contributed by atoms with E-state index >= 15 is 0 Å². The van der Waals surface area contributed by atoms with Gasteiger partial charge in [-0.05, 0) is 30.7 Å². The van der Waals surface area contributed by atoms with Crippen LogP contribution in [0.25, 0.3) is 0 Å². The van der Waals surface area contributed by atoms with Crippen molar-refractivity contribution in [1.29, 1.82) is 0 Å². The van der Waals surface area contributed by atoms with Crippen LogP contribution in [0.1, 0.15) is 29.6 Å². The fraction of sp³-hybridized carbons (Fsp3) is 0.176. The molecule has 2 aromatic rings. The fourth-order valence-electron chi connectivity index (χ4n) is 2.13. The molecule has 0 unspecified atom stereocenters. The summed E-state index contributed by atoms with van der Waals surface area (Å²) in [6, 6.07) is 14.5. The highest BCUT2D eigenvalue weighted by molar-refractivity contribution is 7.89. The third-order valence-electron chi connectivity index (χ3n) is 3.37. The van der Waals surface area contributed by atoms with Gasteiger partial charge in [-0.15, -0.1) is 0 Å². The molecule has 0 saturated carbocycles. The SMILES string of the molecule is NS(=O)(=O)c1ccc(NC(=O)CCCC(=O)c2ccccc2)cc1. The molecule has 2 aromatic carbocycles. The Morgan fingerprint density at radius 1 is 0.917 bits per heavy atom. The molecule has 126 valence electrons. The number of hydrogen-bond acceptors (Lipinski definition) is 4. The van der Waals surface area contributed by atoms with Gasteiger partial charge < -0.3 is 5.32 Å². The Morgan fingerprint density at radius 3 is 2.12 bits per heavy atom. The third kappa shape index (κ3) is 5.29. The molecule has 7 heteroatoms. The lowest BCUT2D eigenvalue weighted by molar-refractivity contribution is -0.116. The zero-order valence-corrected chi connectivity index (χ0v) is 13.8. The lowest BCUT2D eigenvalue weighted by Crippen LogP contribution is -2.14. The van der Waals surface area contributed by atoms with Crippen LogP contribution in [0.4, 0.5) is 5.69 Å². The smallest absolute Gasteiger partial charge is 0.238 e. The molecule has 0 radical (unpaired) electrons. The van der Waals surface area contributed by atoms with Gasteiger partial charge in [-0.3, -0.25) is 9.59 Å². The maximum atomic E-state index is 11.9. The third-order valence-corrected chi connectivity index (χ3v) is 4.30. The number of sulfonamides is 1. The van der Waals surface area contributed by atoms with Crippen LogP contribution in [0.15, 0.2) is 59.5 Å². The maximum absolute atomic E-state index is 11.9. The van der Waals surface area contributed by atoms with Crippen LogP contribution in [-0.2, 0) is 14.8 Å². The molecular weight excluding hydrogens is 328 g/mol. The average Bonchev–Trinajstić information content (AvgIpc) is 2.55. The molecule has 0 atom stereocenters. The Hall–Kier alpha value is -2.51. The minimum atomic E-state index is -3.75. The van der Waals surface area contributed by atoms with Crippen molar-refractivity contribution in [3.05, 3.63) is 60.2 Å². The van der Waals surface area contributed by atoms with Gasteiger partial charge in [-0.1, -0.05) is 30.3 Å². The van der Waals surface area contributed by atoms with E-state index in [1.165, 1.54) is 24.3 Å². The molecule has 2 rings (SSSR count). The molecule has 24 heavy (non-hydrogen) atoms. The molecule has 0 aliphatic rings. The Bertz CT molecular complexity index is 815. The van der Waals surface area contributed by atoms with Gasteiger partial charge in [0.2, 0.25) is 15.9 Å². The number of carbonyl (C=O) groups excluding carboxylic acids is 2. The topological polar surface area (TPSA) is 106 Å². The number of Topliss-reactive ketones (excluding diaryl/α,β-unsaturated/α-hetero) is 1. The van der Waals surface area contributed by atoms with Crippen molar-refractivity contribution in [3.63, 3.8) is 0 Å². The summed E-state index contributed by atoms with van der Waals surface area (Å²) in [7, 11) is -3.75. The number of amides is 1. The molecule has 6 nitrogen and oxygen atoms in total. The van der Waals surface area contributed by atoms with Gasteiger partial charge in [-0.2, -0.15) is 0 Å². The summed E-state index contributed by atoms with van der Waals surface area (Å²) in [4.78, 5) is 23.7. The van der Waals surface area contributed by atoms with E-state index in [1.807, 2.05) is 6.07 Å². The lowest BCUT2D eigenvalue weighted by atomic mass is 10.1. The molecular formula is C17H18N2O4S. The Balaban J connectivity index is 1.80. The van der Waals surface area contributed by atoms with E-state index in [-0.39, 0.29) is 23.0 Å². The second-order valence-corrected chi connectivity index (χ2v) is 6.82. The van der Waals surface area contributed by atoms with E-state index in [0.29, 0.717) is 24.1 Å². The minimum Gasteiger partial charge on any atom is -0.326 e. The summed E-state index contributed by atoms with van der Waals surface area (Å²) < 4.78 is 22.3. The number of ketones is 1. The van der Waals surface area contributed by atoms with Crippen LogP contribution in [0.3, 0.4) is 0 Å². The summed E-state index contributed by atoms with van der Waals surface area (Å²) in [5, 5.41) is 7.65. The molecule has 0 heterocycles. The summed E-state index contributed by atoms with van der Waals surface area (Å²) in [5.41, 5.74) is 1.11. The van der Waals surface area contributed by atoms with Gasteiger partial charge in [-0.25, -0.2) is 13.6 Å². The van der Waals surface area contributed by atoms with E-state index in [2.05, 4.69) is 5.32 Å². The number of benzene rings is 2. The Kier molecular flexibility index (Phi) is 5.83. The molecule has 0 bridgehead atoms.